The number of hydrogen-bond acceptors (Lipinski definition) is 8. The summed E-state index contributed by atoms with van der Waals surface area (Å²) in [4.78, 5) is 50.0. The minimum atomic E-state index is -1.03. The summed E-state index contributed by atoms with van der Waals surface area (Å²) < 4.78 is 7.52. The van der Waals surface area contributed by atoms with Crippen LogP contribution >= 0.6 is 11.3 Å². The number of rotatable bonds is 7. The third-order valence-corrected chi connectivity index (χ3v) is 7.86. The number of aliphatic hydroxyl groups excluding tert-OH is 1. The molecule has 1 unspecified atom stereocenters. The Hall–Kier alpha value is -4.57. The fourth-order valence-corrected chi connectivity index (χ4v) is 5.75. The smallest absolute Gasteiger partial charge is 0.301 e. The summed E-state index contributed by atoms with van der Waals surface area (Å²) in [6.07, 6.45) is 3.42. The Morgan fingerprint density at radius 1 is 1.18 bits per heavy atom. The normalized spacial score (nSPS) is 16.7. The van der Waals surface area contributed by atoms with Crippen LogP contribution in [0.5, 0.6) is 5.75 Å². The minimum absolute atomic E-state index is 0.123. The molecule has 3 aromatic heterocycles. The van der Waals surface area contributed by atoms with Crippen LogP contribution in [0.4, 0.5) is 5.13 Å². The molecule has 0 saturated carbocycles. The van der Waals surface area contributed by atoms with Gasteiger partial charge < -0.3 is 14.2 Å². The van der Waals surface area contributed by atoms with E-state index in [0.29, 0.717) is 33.2 Å². The number of aromatic nitrogens is 3. The van der Waals surface area contributed by atoms with Crippen molar-refractivity contribution in [3.8, 4) is 5.75 Å². The molecule has 0 aliphatic carbocycles. The summed E-state index contributed by atoms with van der Waals surface area (Å²) in [6, 6.07) is 9.66. The maximum Gasteiger partial charge on any atom is 0.301 e. The Morgan fingerprint density at radius 3 is 2.62 bits per heavy atom. The lowest BCUT2D eigenvalue weighted by molar-refractivity contribution is -0.132. The van der Waals surface area contributed by atoms with Gasteiger partial charge in [0, 0.05) is 13.1 Å². The van der Waals surface area contributed by atoms with Crippen LogP contribution in [0, 0.1) is 20.8 Å². The molecule has 10 heteroatoms. The second kappa shape index (κ2) is 9.95. The van der Waals surface area contributed by atoms with Gasteiger partial charge in [-0.1, -0.05) is 42.2 Å². The van der Waals surface area contributed by atoms with Crippen LogP contribution in [0.15, 0.2) is 60.8 Å². The average Bonchev–Trinajstić information content (AvgIpc) is 3.55. The van der Waals surface area contributed by atoms with E-state index in [1.807, 2.05) is 29.7 Å². The van der Waals surface area contributed by atoms with E-state index in [1.165, 1.54) is 11.8 Å². The first-order valence-corrected chi connectivity index (χ1v) is 13.0. The molecule has 5 rings (SSSR count). The molecule has 1 aliphatic rings. The second-order valence-corrected chi connectivity index (χ2v) is 10.2. The van der Waals surface area contributed by atoms with Crippen molar-refractivity contribution < 1.29 is 24.2 Å². The first-order chi connectivity index (χ1) is 18.6. The van der Waals surface area contributed by atoms with Crippen LogP contribution in [0.2, 0.25) is 0 Å². The van der Waals surface area contributed by atoms with Crippen molar-refractivity contribution in [2.75, 3.05) is 11.5 Å². The van der Waals surface area contributed by atoms with Gasteiger partial charge in [-0.3, -0.25) is 19.3 Å². The number of anilines is 1. The van der Waals surface area contributed by atoms with Crippen molar-refractivity contribution in [1.29, 1.82) is 0 Å². The van der Waals surface area contributed by atoms with Gasteiger partial charge in [-0.2, -0.15) is 0 Å². The van der Waals surface area contributed by atoms with Crippen molar-refractivity contribution in [3.63, 3.8) is 0 Å². The summed E-state index contributed by atoms with van der Waals surface area (Å²) in [5.41, 5.74) is 3.18. The number of aliphatic hydroxyl groups is 1. The molecule has 0 radical (unpaired) electrons. The molecular weight excluding hydrogens is 516 g/mol. The predicted octanol–water partition coefficient (Wildman–Crippen LogP) is 5.11. The molecular formula is C29H26N4O5S. The monoisotopic (exact) mass is 542 g/mol. The average molecular weight is 543 g/mol. The van der Waals surface area contributed by atoms with E-state index in [4.69, 9.17) is 4.74 Å². The van der Waals surface area contributed by atoms with Gasteiger partial charge in [0.05, 0.1) is 27.9 Å². The van der Waals surface area contributed by atoms with E-state index in [9.17, 15) is 19.5 Å². The van der Waals surface area contributed by atoms with Gasteiger partial charge >= 0.3 is 5.91 Å². The number of carbonyl (C=O) groups excluding carboxylic acids is 3. The number of amides is 1. The number of ketones is 2. The molecule has 0 spiro atoms. The number of benzene rings is 1. The number of ether oxygens (including phenoxy) is 1. The maximum absolute atomic E-state index is 13.6. The van der Waals surface area contributed by atoms with Gasteiger partial charge in [-0.15, -0.1) is 0 Å². The number of nitrogens with zero attached hydrogens (tertiary/aromatic N) is 4. The molecule has 4 aromatic rings. The standard InChI is InChI=1S/C29H26N4O5S/c1-6-13-38-20-11-7-10-19(14-20)23-21(24(35)22-17(4)32-12-8-9-15(2)27(32)31-22)25(36)28(37)33(23)29-30-16(3)26(39-29)18(5)34/h6-12,14,23,35H,1,13H2,2-5H3/b24-21+. The molecule has 1 fully saturated rings. The lowest BCUT2D eigenvalue weighted by Gasteiger charge is -2.23. The number of carbonyl (C=O) groups is 3. The topological polar surface area (TPSA) is 114 Å². The lowest BCUT2D eigenvalue weighted by atomic mass is 9.96. The summed E-state index contributed by atoms with van der Waals surface area (Å²) in [5, 5.41) is 11.8. The van der Waals surface area contributed by atoms with E-state index in [0.717, 1.165) is 16.9 Å². The largest absolute Gasteiger partial charge is 0.505 e. The van der Waals surface area contributed by atoms with E-state index < -0.39 is 17.7 Å². The highest BCUT2D eigenvalue weighted by Gasteiger charge is 2.49. The molecule has 198 valence electrons. The third-order valence-electron chi connectivity index (χ3n) is 6.61. The third kappa shape index (κ3) is 4.32. The highest BCUT2D eigenvalue weighted by Crippen LogP contribution is 2.44. The van der Waals surface area contributed by atoms with Crippen molar-refractivity contribution in [2.24, 2.45) is 0 Å². The minimum Gasteiger partial charge on any atom is -0.505 e. The number of thiazole rings is 1. The molecule has 1 amide bonds. The van der Waals surface area contributed by atoms with Crippen LogP contribution in [0.1, 0.15) is 50.8 Å². The first-order valence-electron chi connectivity index (χ1n) is 12.2. The highest BCUT2D eigenvalue weighted by molar-refractivity contribution is 7.18. The fourth-order valence-electron chi connectivity index (χ4n) is 4.76. The van der Waals surface area contributed by atoms with Gasteiger partial charge in [-0.05, 0) is 50.1 Å². The molecule has 39 heavy (non-hydrogen) atoms. The molecule has 1 aromatic carbocycles. The van der Waals surface area contributed by atoms with Crippen LogP contribution < -0.4 is 9.64 Å². The first kappa shape index (κ1) is 26.1. The zero-order valence-electron chi connectivity index (χ0n) is 21.9. The van der Waals surface area contributed by atoms with E-state index in [1.54, 1.807) is 44.2 Å². The van der Waals surface area contributed by atoms with Crippen molar-refractivity contribution in [3.05, 3.63) is 93.9 Å². The summed E-state index contributed by atoms with van der Waals surface area (Å²) >= 11 is 1.03. The Morgan fingerprint density at radius 2 is 1.95 bits per heavy atom. The number of imidazole rings is 1. The van der Waals surface area contributed by atoms with Crippen molar-refractivity contribution >= 4 is 45.3 Å². The van der Waals surface area contributed by atoms with E-state index in [2.05, 4.69) is 16.5 Å². The zero-order valence-corrected chi connectivity index (χ0v) is 22.7. The summed E-state index contributed by atoms with van der Waals surface area (Å²) in [7, 11) is 0. The van der Waals surface area contributed by atoms with E-state index in [-0.39, 0.29) is 34.5 Å². The summed E-state index contributed by atoms with van der Waals surface area (Å²) in [6.45, 7) is 10.7. The number of aryl methyl sites for hydroxylation is 3. The van der Waals surface area contributed by atoms with Gasteiger partial charge in [0.2, 0.25) is 0 Å². The van der Waals surface area contributed by atoms with Crippen molar-refractivity contribution in [2.45, 2.75) is 33.7 Å². The molecule has 4 heterocycles. The predicted molar refractivity (Wildman–Crippen MR) is 148 cm³/mol. The molecule has 1 N–H and O–H groups in total. The quantitative estimate of drug-likeness (QED) is 0.113. The SMILES string of the molecule is C=CCOc1cccc(C2/C(=C(\O)c3nc4c(C)cccn4c3C)C(=O)C(=O)N2c2nc(C)c(C(C)=O)s2)c1. The van der Waals surface area contributed by atoms with Gasteiger partial charge in [0.25, 0.3) is 5.78 Å². The van der Waals surface area contributed by atoms with Crippen LogP contribution in [0.3, 0.4) is 0 Å². The number of hydrogen-bond donors (Lipinski definition) is 1. The molecule has 1 atom stereocenters. The number of fused-ring (bicyclic) bond motifs is 1. The van der Waals surface area contributed by atoms with Gasteiger partial charge in [0.15, 0.2) is 16.7 Å². The number of pyridine rings is 1. The highest BCUT2D eigenvalue weighted by atomic mass is 32.1. The Balaban J connectivity index is 1.76. The van der Waals surface area contributed by atoms with Crippen molar-refractivity contribution in [1.82, 2.24) is 14.4 Å². The Bertz CT molecular complexity index is 1710. The Kier molecular flexibility index (Phi) is 6.65. The number of Topliss-reactive ketones (excluding diaryl/α,β-unsaturated/α-hetero) is 2. The molecule has 0 bridgehead atoms. The van der Waals surface area contributed by atoms with Crippen LogP contribution in [-0.2, 0) is 9.59 Å². The summed E-state index contributed by atoms with van der Waals surface area (Å²) in [5.74, 6) is -1.82. The molecule has 9 nitrogen and oxygen atoms in total. The van der Waals surface area contributed by atoms with Gasteiger partial charge in [-0.25, -0.2) is 9.97 Å². The maximum atomic E-state index is 13.6. The zero-order chi connectivity index (χ0) is 28.0. The lowest BCUT2D eigenvalue weighted by Crippen LogP contribution is -2.29. The molecule has 1 saturated heterocycles. The van der Waals surface area contributed by atoms with Crippen LogP contribution in [0.25, 0.3) is 11.4 Å². The second-order valence-electron chi connectivity index (χ2n) is 9.24. The van der Waals surface area contributed by atoms with Gasteiger partial charge in [0.1, 0.15) is 23.7 Å². The molecule has 1 aliphatic heterocycles. The van der Waals surface area contributed by atoms with Crippen LogP contribution in [-0.4, -0.2) is 43.6 Å². The Labute approximate surface area is 228 Å². The van der Waals surface area contributed by atoms with E-state index >= 15 is 0 Å². The fraction of sp³-hybridized carbons (Fsp3) is 0.207.